The highest BCUT2D eigenvalue weighted by atomic mass is 19.1. The fraction of sp³-hybridized carbons (Fsp3) is 0.0625. The molecule has 5 heteroatoms. The highest BCUT2D eigenvalue weighted by molar-refractivity contribution is 5.85. The van der Waals surface area contributed by atoms with Gasteiger partial charge >= 0.3 is 0 Å². The molecule has 0 spiro atoms. The van der Waals surface area contributed by atoms with E-state index in [2.05, 4.69) is 9.97 Å². The van der Waals surface area contributed by atoms with Gasteiger partial charge in [0.1, 0.15) is 11.9 Å². The first-order valence-electron chi connectivity index (χ1n) is 6.30. The number of rotatable bonds is 3. The first kappa shape index (κ1) is 13.0. The number of hydrogen-bond acceptors (Lipinski definition) is 4. The molecule has 0 amide bonds. The Balaban J connectivity index is 2.15. The molecule has 0 aliphatic rings. The zero-order valence-electron chi connectivity index (χ0n) is 11.0. The summed E-state index contributed by atoms with van der Waals surface area (Å²) in [5.74, 6) is 0.462. The minimum atomic E-state index is -0.319. The summed E-state index contributed by atoms with van der Waals surface area (Å²) in [5.41, 5.74) is 1.39. The predicted octanol–water partition coefficient (Wildman–Crippen LogP) is 3.34. The van der Waals surface area contributed by atoms with Crippen molar-refractivity contribution in [1.29, 1.82) is 5.26 Å². The summed E-state index contributed by atoms with van der Waals surface area (Å²) in [6, 6.07) is 15.2. The van der Waals surface area contributed by atoms with Gasteiger partial charge < -0.3 is 4.74 Å². The molecule has 0 saturated heterocycles. The average molecular weight is 279 g/mol. The Morgan fingerprint density at radius 1 is 1.05 bits per heavy atom. The lowest BCUT2D eigenvalue weighted by Crippen LogP contribution is -2.00. The number of ether oxygens (including phenoxy) is 1. The van der Waals surface area contributed by atoms with E-state index in [0.717, 1.165) is 5.39 Å². The number of nitriles is 1. The van der Waals surface area contributed by atoms with Gasteiger partial charge in [0, 0.05) is 5.56 Å². The van der Waals surface area contributed by atoms with Crippen molar-refractivity contribution >= 4 is 10.9 Å². The van der Waals surface area contributed by atoms with Crippen LogP contribution in [0.1, 0.15) is 0 Å². The molecule has 1 aromatic heterocycles. The first-order valence-corrected chi connectivity index (χ1v) is 6.30. The van der Waals surface area contributed by atoms with Crippen LogP contribution in [0.5, 0.6) is 5.88 Å². The van der Waals surface area contributed by atoms with E-state index in [1.807, 2.05) is 30.3 Å². The molecule has 4 nitrogen and oxygen atoms in total. The minimum Gasteiger partial charge on any atom is -0.462 e. The lowest BCUT2D eigenvalue weighted by atomic mass is 10.2. The van der Waals surface area contributed by atoms with Crippen LogP contribution in [0.3, 0.4) is 0 Å². The molecule has 3 rings (SSSR count). The van der Waals surface area contributed by atoms with Crippen LogP contribution in [0, 0.1) is 17.1 Å². The van der Waals surface area contributed by atoms with Crippen molar-refractivity contribution in [2.24, 2.45) is 0 Å². The van der Waals surface area contributed by atoms with Gasteiger partial charge in [0.15, 0.2) is 12.4 Å². The molecule has 0 fully saturated rings. The Morgan fingerprint density at radius 3 is 2.57 bits per heavy atom. The second-order valence-corrected chi connectivity index (χ2v) is 4.32. The average Bonchev–Trinajstić information content (AvgIpc) is 2.53. The number of para-hydroxylation sites is 1. The lowest BCUT2D eigenvalue weighted by molar-refractivity contribution is 0.358. The van der Waals surface area contributed by atoms with E-state index in [9.17, 15) is 4.39 Å². The summed E-state index contributed by atoms with van der Waals surface area (Å²) in [5, 5.41) is 9.39. The minimum absolute atomic E-state index is 0.0934. The quantitative estimate of drug-likeness (QED) is 0.737. The largest absolute Gasteiger partial charge is 0.462 e. The Labute approximate surface area is 120 Å². The van der Waals surface area contributed by atoms with Crippen molar-refractivity contribution in [2.45, 2.75) is 0 Å². The van der Waals surface area contributed by atoms with E-state index in [4.69, 9.17) is 10.00 Å². The van der Waals surface area contributed by atoms with Crippen molar-refractivity contribution in [3.63, 3.8) is 0 Å². The second kappa shape index (κ2) is 5.55. The van der Waals surface area contributed by atoms with E-state index < -0.39 is 0 Å². The van der Waals surface area contributed by atoms with Gasteiger partial charge in [-0.25, -0.2) is 9.37 Å². The molecule has 3 aromatic rings. The third-order valence-corrected chi connectivity index (χ3v) is 2.94. The summed E-state index contributed by atoms with van der Waals surface area (Å²) in [6.45, 7) is -0.0934. The third kappa shape index (κ3) is 2.65. The van der Waals surface area contributed by atoms with Gasteiger partial charge in [-0.2, -0.15) is 10.2 Å². The van der Waals surface area contributed by atoms with E-state index in [-0.39, 0.29) is 12.4 Å². The normalized spacial score (nSPS) is 10.3. The topological polar surface area (TPSA) is 58.8 Å². The molecule has 102 valence electrons. The summed E-state index contributed by atoms with van der Waals surface area (Å²) in [7, 11) is 0. The number of fused-ring (bicyclic) bond motifs is 1. The van der Waals surface area contributed by atoms with Crippen molar-refractivity contribution < 1.29 is 9.13 Å². The molecule has 0 radical (unpaired) electrons. The number of nitrogens with zero attached hydrogens (tertiary/aromatic N) is 3. The number of hydrogen-bond donors (Lipinski definition) is 0. The molecule has 0 N–H and O–H groups in total. The molecule has 21 heavy (non-hydrogen) atoms. The van der Waals surface area contributed by atoms with Gasteiger partial charge in [0.05, 0.1) is 10.9 Å². The molecule has 1 heterocycles. The highest BCUT2D eigenvalue weighted by Crippen LogP contribution is 2.26. The van der Waals surface area contributed by atoms with Crippen molar-refractivity contribution in [1.82, 2.24) is 9.97 Å². The zero-order valence-corrected chi connectivity index (χ0v) is 11.0. The van der Waals surface area contributed by atoms with E-state index in [1.165, 1.54) is 12.1 Å². The molecule has 0 unspecified atom stereocenters. The standard InChI is InChI=1S/C16H10FN3O/c17-12-7-5-11(6-8-12)15-19-14-4-2-1-3-13(14)16(20-15)21-10-9-18/h1-8H,10H2. The number of halogens is 1. The van der Waals surface area contributed by atoms with Gasteiger partial charge in [0.2, 0.25) is 5.88 Å². The molecule has 0 atom stereocenters. The van der Waals surface area contributed by atoms with Crippen LogP contribution < -0.4 is 4.74 Å². The lowest BCUT2D eigenvalue weighted by Gasteiger charge is -2.08. The Hall–Kier alpha value is -3.00. The Bertz CT molecular complexity index is 825. The van der Waals surface area contributed by atoms with E-state index >= 15 is 0 Å². The van der Waals surface area contributed by atoms with Crippen molar-refractivity contribution in [3.05, 3.63) is 54.3 Å². The molecular formula is C16H10FN3O. The fourth-order valence-corrected chi connectivity index (χ4v) is 1.99. The maximum Gasteiger partial charge on any atom is 0.226 e. The summed E-state index contributed by atoms with van der Waals surface area (Å²) < 4.78 is 18.4. The number of aromatic nitrogens is 2. The SMILES string of the molecule is N#CCOc1nc(-c2ccc(F)cc2)nc2ccccc12. The van der Waals surface area contributed by atoms with E-state index in [0.29, 0.717) is 22.8 Å². The molecule has 0 saturated carbocycles. The molecular weight excluding hydrogens is 269 g/mol. The summed E-state index contributed by atoms with van der Waals surface area (Å²) >= 11 is 0. The van der Waals surface area contributed by atoms with E-state index in [1.54, 1.807) is 12.1 Å². The van der Waals surface area contributed by atoms with Crippen LogP contribution in [-0.2, 0) is 0 Å². The van der Waals surface area contributed by atoms with Gasteiger partial charge in [-0.05, 0) is 36.4 Å². The highest BCUT2D eigenvalue weighted by Gasteiger charge is 2.10. The third-order valence-electron chi connectivity index (χ3n) is 2.94. The first-order chi connectivity index (χ1) is 10.3. The van der Waals surface area contributed by atoms with Gasteiger partial charge in [-0.3, -0.25) is 0 Å². The summed E-state index contributed by atoms with van der Waals surface area (Å²) in [6.07, 6.45) is 0. The van der Waals surface area contributed by atoms with Crippen LogP contribution in [0.2, 0.25) is 0 Å². The van der Waals surface area contributed by atoms with Crippen molar-refractivity contribution in [2.75, 3.05) is 6.61 Å². The van der Waals surface area contributed by atoms with Crippen LogP contribution >= 0.6 is 0 Å². The summed E-state index contributed by atoms with van der Waals surface area (Å²) in [4.78, 5) is 8.78. The van der Waals surface area contributed by atoms with Crippen LogP contribution in [0.25, 0.3) is 22.3 Å². The Morgan fingerprint density at radius 2 is 1.81 bits per heavy atom. The van der Waals surface area contributed by atoms with Crippen molar-refractivity contribution in [3.8, 4) is 23.3 Å². The maximum absolute atomic E-state index is 13.0. The fourth-order valence-electron chi connectivity index (χ4n) is 1.99. The molecule has 0 aliphatic carbocycles. The van der Waals surface area contributed by atoms with Gasteiger partial charge in [0.25, 0.3) is 0 Å². The number of benzene rings is 2. The predicted molar refractivity (Wildman–Crippen MR) is 76.0 cm³/mol. The zero-order chi connectivity index (χ0) is 14.7. The van der Waals surface area contributed by atoms with Crippen LogP contribution in [-0.4, -0.2) is 16.6 Å². The smallest absolute Gasteiger partial charge is 0.226 e. The Kier molecular flexibility index (Phi) is 3.44. The van der Waals surface area contributed by atoms with Gasteiger partial charge in [-0.15, -0.1) is 0 Å². The molecule has 0 bridgehead atoms. The monoisotopic (exact) mass is 279 g/mol. The van der Waals surface area contributed by atoms with Crippen LogP contribution in [0.4, 0.5) is 4.39 Å². The molecule has 2 aromatic carbocycles. The van der Waals surface area contributed by atoms with Crippen LogP contribution in [0.15, 0.2) is 48.5 Å². The second-order valence-electron chi connectivity index (χ2n) is 4.32. The van der Waals surface area contributed by atoms with Gasteiger partial charge in [-0.1, -0.05) is 12.1 Å². The maximum atomic E-state index is 13.0. The molecule has 0 aliphatic heterocycles.